The molecular weight excluding hydrogens is 215 g/mol. The number of aromatic nitrogens is 2. The van der Waals surface area contributed by atoms with Crippen LogP contribution in [0.1, 0.15) is 44.9 Å². The van der Waals surface area contributed by atoms with Crippen molar-refractivity contribution in [2.24, 2.45) is 0 Å². The van der Waals surface area contributed by atoms with Crippen LogP contribution in [-0.4, -0.2) is 9.97 Å². The molecule has 0 saturated heterocycles. The van der Waals surface area contributed by atoms with E-state index in [4.69, 9.17) is 0 Å². The van der Waals surface area contributed by atoms with Gasteiger partial charge >= 0.3 is 0 Å². The Bertz CT molecular complexity index is 507. The number of rotatable bonds is 1. The number of halogens is 1. The second-order valence-corrected chi connectivity index (χ2v) is 4.03. The van der Waals surface area contributed by atoms with E-state index in [1.54, 1.807) is 12.3 Å². The van der Waals surface area contributed by atoms with E-state index in [2.05, 4.69) is 9.97 Å². The molecule has 2 aromatic rings. The molecule has 0 atom stereocenters. The zero-order valence-electron chi connectivity index (χ0n) is 11.1. The summed E-state index contributed by atoms with van der Waals surface area (Å²) >= 11 is 0. The Kier molecular flexibility index (Phi) is 4.55. The Morgan fingerprint density at radius 1 is 1.12 bits per heavy atom. The summed E-state index contributed by atoms with van der Waals surface area (Å²) in [5.74, 6) is -0.0325. The quantitative estimate of drug-likeness (QED) is 0.738. The first-order valence-corrected chi connectivity index (χ1v) is 6.00. The van der Waals surface area contributed by atoms with Crippen molar-refractivity contribution >= 4 is 11.0 Å². The second-order valence-electron chi connectivity index (χ2n) is 4.03. The molecule has 0 fully saturated rings. The molecule has 2 nitrogen and oxygen atoms in total. The molecule has 0 spiro atoms. The van der Waals surface area contributed by atoms with Gasteiger partial charge in [-0.3, -0.25) is 4.98 Å². The van der Waals surface area contributed by atoms with E-state index in [1.165, 1.54) is 6.07 Å². The molecule has 2 rings (SSSR count). The fourth-order valence-electron chi connectivity index (χ4n) is 1.58. The van der Waals surface area contributed by atoms with Crippen LogP contribution in [0.15, 0.2) is 18.3 Å². The monoisotopic (exact) mass is 234 g/mol. The number of nitrogens with zero attached hydrogens (tertiary/aromatic N) is 2. The predicted molar refractivity (Wildman–Crippen MR) is 69.7 cm³/mol. The van der Waals surface area contributed by atoms with E-state index in [-0.39, 0.29) is 11.7 Å². The lowest BCUT2D eigenvalue weighted by atomic mass is 10.0. The maximum Gasteiger partial charge on any atom is 0.128 e. The van der Waals surface area contributed by atoms with Crippen molar-refractivity contribution in [2.75, 3.05) is 0 Å². The minimum absolute atomic E-state index is 0.164. The van der Waals surface area contributed by atoms with E-state index in [1.807, 2.05) is 34.6 Å². The highest BCUT2D eigenvalue weighted by atomic mass is 19.1. The first-order valence-electron chi connectivity index (χ1n) is 6.00. The molecule has 0 N–H and O–H groups in total. The van der Waals surface area contributed by atoms with Crippen molar-refractivity contribution in [3.8, 4) is 0 Å². The van der Waals surface area contributed by atoms with Crippen LogP contribution in [0, 0.1) is 12.7 Å². The third-order valence-electron chi connectivity index (χ3n) is 2.40. The molecule has 0 bridgehead atoms. The summed E-state index contributed by atoms with van der Waals surface area (Å²) in [5.41, 5.74) is 2.88. The molecule has 0 radical (unpaired) electrons. The van der Waals surface area contributed by atoms with Gasteiger partial charge in [0.2, 0.25) is 0 Å². The van der Waals surface area contributed by atoms with Crippen molar-refractivity contribution < 1.29 is 4.39 Å². The topological polar surface area (TPSA) is 25.8 Å². The number of fused-ring (bicyclic) bond motifs is 1. The van der Waals surface area contributed by atoms with Crippen LogP contribution in [-0.2, 0) is 0 Å². The normalized spacial score (nSPS) is 10.3. The van der Waals surface area contributed by atoms with Gasteiger partial charge in [-0.1, -0.05) is 27.7 Å². The maximum absolute atomic E-state index is 13.6. The van der Waals surface area contributed by atoms with Crippen molar-refractivity contribution in [1.82, 2.24) is 9.97 Å². The lowest BCUT2D eigenvalue weighted by Gasteiger charge is -2.08. The number of benzene rings is 1. The van der Waals surface area contributed by atoms with Crippen molar-refractivity contribution in [2.45, 2.75) is 40.5 Å². The van der Waals surface area contributed by atoms with Crippen LogP contribution in [0.2, 0.25) is 0 Å². The molecule has 17 heavy (non-hydrogen) atoms. The summed E-state index contributed by atoms with van der Waals surface area (Å²) in [5, 5.41) is 0. The molecule has 0 aliphatic carbocycles. The summed E-state index contributed by atoms with van der Waals surface area (Å²) in [7, 11) is 0. The zero-order chi connectivity index (χ0) is 13.0. The van der Waals surface area contributed by atoms with E-state index in [9.17, 15) is 4.39 Å². The molecule has 0 aliphatic heterocycles. The zero-order valence-corrected chi connectivity index (χ0v) is 11.1. The molecule has 0 amide bonds. The van der Waals surface area contributed by atoms with Gasteiger partial charge < -0.3 is 0 Å². The molecule has 3 heteroatoms. The van der Waals surface area contributed by atoms with Crippen molar-refractivity contribution in [3.63, 3.8) is 0 Å². The summed E-state index contributed by atoms with van der Waals surface area (Å²) < 4.78 is 13.6. The standard InChI is InChI=1S/C12H13FN2.C2H6/c1-7(2)9-4-11-12(5-10(9)13)15-8(3)6-14-11;1-2/h4-7H,1-3H3;1-2H3. The third-order valence-corrected chi connectivity index (χ3v) is 2.40. The molecule has 1 heterocycles. The molecule has 1 aromatic carbocycles. The van der Waals surface area contributed by atoms with Crippen LogP contribution >= 0.6 is 0 Å². The van der Waals surface area contributed by atoms with Gasteiger partial charge in [0.05, 0.1) is 16.7 Å². The lowest BCUT2D eigenvalue weighted by Crippen LogP contribution is -1.96. The van der Waals surface area contributed by atoms with E-state index in [0.29, 0.717) is 11.1 Å². The number of aryl methyl sites for hydroxylation is 1. The van der Waals surface area contributed by atoms with Gasteiger partial charge in [-0.25, -0.2) is 9.37 Å². The van der Waals surface area contributed by atoms with Gasteiger partial charge in [-0.05, 0) is 24.5 Å². The molecule has 1 aromatic heterocycles. The number of hydrogen-bond acceptors (Lipinski definition) is 2. The van der Waals surface area contributed by atoms with Gasteiger partial charge in [-0.2, -0.15) is 0 Å². The summed E-state index contributed by atoms with van der Waals surface area (Å²) in [6.07, 6.45) is 1.70. The Balaban J connectivity index is 0.000000686. The van der Waals surface area contributed by atoms with Gasteiger partial charge in [0.25, 0.3) is 0 Å². The molecular formula is C14H19FN2. The maximum atomic E-state index is 13.6. The fraction of sp³-hybridized carbons (Fsp3) is 0.429. The Hall–Kier alpha value is -1.51. The van der Waals surface area contributed by atoms with Crippen LogP contribution in [0.25, 0.3) is 11.0 Å². The van der Waals surface area contributed by atoms with Gasteiger partial charge in [-0.15, -0.1) is 0 Å². The Morgan fingerprint density at radius 3 is 2.35 bits per heavy atom. The highest BCUT2D eigenvalue weighted by molar-refractivity contribution is 5.75. The van der Waals surface area contributed by atoms with E-state index in [0.717, 1.165) is 11.2 Å². The fourth-order valence-corrected chi connectivity index (χ4v) is 1.58. The molecule has 0 aliphatic rings. The van der Waals surface area contributed by atoms with Crippen molar-refractivity contribution in [1.29, 1.82) is 0 Å². The third kappa shape index (κ3) is 2.99. The van der Waals surface area contributed by atoms with Gasteiger partial charge in [0.15, 0.2) is 0 Å². The summed E-state index contributed by atoms with van der Waals surface area (Å²) in [4.78, 5) is 8.47. The largest absolute Gasteiger partial charge is 0.253 e. The predicted octanol–water partition coefficient (Wildman–Crippen LogP) is 4.23. The van der Waals surface area contributed by atoms with Gasteiger partial charge in [0, 0.05) is 12.3 Å². The highest BCUT2D eigenvalue weighted by Crippen LogP contribution is 2.22. The molecule has 0 saturated carbocycles. The van der Waals surface area contributed by atoms with Crippen LogP contribution in [0.3, 0.4) is 0 Å². The molecule has 92 valence electrons. The van der Waals surface area contributed by atoms with Crippen LogP contribution < -0.4 is 0 Å². The van der Waals surface area contributed by atoms with Crippen LogP contribution in [0.5, 0.6) is 0 Å². The summed E-state index contributed by atoms with van der Waals surface area (Å²) in [6, 6.07) is 3.24. The lowest BCUT2D eigenvalue weighted by molar-refractivity contribution is 0.600. The molecule has 0 unspecified atom stereocenters. The average molecular weight is 234 g/mol. The SMILES string of the molecule is CC.Cc1cnc2cc(C(C)C)c(F)cc2n1. The highest BCUT2D eigenvalue weighted by Gasteiger charge is 2.09. The Labute approximate surface area is 102 Å². The first-order chi connectivity index (χ1) is 8.08. The average Bonchev–Trinajstić information content (AvgIpc) is 2.30. The van der Waals surface area contributed by atoms with Crippen LogP contribution in [0.4, 0.5) is 4.39 Å². The Morgan fingerprint density at radius 2 is 1.76 bits per heavy atom. The van der Waals surface area contributed by atoms with E-state index >= 15 is 0 Å². The van der Waals surface area contributed by atoms with Gasteiger partial charge in [0.1, 0.15) is 5.82 Å². The summed E-state index contributed by atoms with van der Waals surface area (Å²) in [6.45, 7) is 9.78. The second kappa shape index (κ2) is 5.71. The minimum Gasteiger partial charge on any atom is -0.253 e. The number of hydrogen-bond donors (Lipinski definition) is 0. The smallest absolute Gasteiger partial charge is 0.128 e. The van der Waals surface area contributed by atoms with Crippen molar-refractivity contribution in [3.05, 3.63) is 35.4 Å². The minimum atomic E-state index is -0.197. The van der Waals surface area contributed by atoms with E-state index < -0.39 is 0 Å². The first kappa shape index (κ1) is 13.6.